The molecule has 26 heavy (non-hydrogen) atoms. The van der Waals surface area contributed by atoms with Crippen LogP contribution in [0.4, 0.5) is 0 Å². The zero-order valence-corrected chi connectivity index (χ0v) is 16.8. The lowest BCUT2D eigenvalue weighted by molar-refractivity contribution is -0.140. The van der Waals surface area contributed by atoms with Crippen LogP contribution in [0.25, 0.3) is 6.08 Å². The number of ether oxygens (including phenoxy) is 2. The van der Waals surface area contributed by atoms with Gasteiger partial charge in [0.1, 0.15) is 10.9 Å². The van der Waals surface area contributed by atoms with Crippen LogP contribution in [0.2, 0.25) is 5.02 Å². The third-order valence-electron chi connectivity index (χ3n) is 3.18. The molecular formula is C17H18ClNO5S2. The Morgan fingerprint density at radius 1 is 1.42 bits per heavy atom. The van der Waals surface area contributed by atoms with Gasteiger partial charge in [0.2, 0.25) is 0 Å². The molecule has 6 nitrogen and oxygen atoms in total. The van der Waals surface area contributed by atoms with E-state index in [1.54, 1.807) is 18.2 Å². The number of rotatable bonds is 7. The van der Waals surface area contributed by atoms with E-state index in [9.17, 15) is 9.59 Å². The summed E-state index contributed by atoms with van der Waals surface area (Å²) in [6.45, 7) is 5.61. The zero-order valence-electron chi connectivity index (χ0n) is 14.4. The summed E-state index contributed by atoms with van der Waals surface area (Å²) >= 11 is 12.4. The minimum absolute atomic E-state index is 0.0524. The van der Waals surface area contributed by atoms with E-state index < -0.39 is 18.4 Å². The molecule has 0 radical (unpaired) electrons. The number of thioether (sulfide) groups is 1. The molecule has 1 saturated heterocycles. The number of carboxylic acid groups (broad SMARTS) is 1. The number of carboxylic acids is 1. The van der Waals surface area contributed by atoms with Crippen LogP contribution in [0, 0.1) is 0 Å². The van der Waals surface area contributed by atoms with E-state index in [4.69, 9.17) is 38.4 Å². The molecule has 0 aromatic heterocycles. The highest BCUT2D eigenvalue weighted by Gasteiger charge is 2.33. The molecule has 1 aromatic rings. The molecule has 0 atom stereocenters. The number of aliphatic carboxylic acids is 1. The summed E-state index contributed by atoms with van der Waals surface area (Å²) in [7, 11) is 0. The Bertz CT molecular complexity index is 779. The SMILES string of the molecule is CCOc1cc(C=C2SC(=S)N(CC(=O)O)C2=O)c(Cl)cc1OC(C)C. The van der Waals surface area contributed by atoms with Crippen LogP contribution in [0.15, 0.2) is 17.0 Å². The number of amides is 1. The molecule has 9 heteroatoms. The smallest absolute Gasteiger partial charge is 0.323 e. The monoisotopic (exact) mass is 415 g/mol. The highest BCUT2D eigenvalue weighted by atomic mass is 35.5. The van der Waals surface area contributed by atoms with Gasteiger partial charge in [0.05, 0.1) is 22.6 Å². The van der Waals surface area contributed by atoms with Gasteiger partial charge in [-0.3, -0.25) is 14.5 Å². The maximum atomic E-state index is 12.4. The first-order valence-corrected chi connectivity index (χ1v) is 9.43. The third-order valence-corrected chi connectivity index (χ3v) is 4.88. The predicted molar refractivity (Wildman–Crippen MR) is 106 cm³/mol. The fraction of sp³-hybridized carbons (Fsp3) is 0.353. The van der Waals surface area contributed by atoms with E-state index in [0.29, 0.717) is 33.6 Å². The Morgan fingerprint density at radius 3 is 2.69 bits per heavy atom. The van der Waals surface area contributed by atoms with Gasteiger partial charge < -0.3 is 14.6 Å². The average molecular weight is 416 g/mol. The number of hydrogen-bond acceptors (Lipinski definition) is 6. The third kappa shape index (κ3) is 4.90. The number of benzene rings is 1. The van der Waals surface area contributed by atoms with Crippen LogP contribution >= 0.6 is 35.6 Å². The van der Waals surface area contributed by atoms with E-state index >= 15 is 0 Å². The van der Waals surface area contributed by atoms with Gasteiger partial charge in [0.25, 0.3) is 5.91 Å². The van der Waals surface area contributed by atoms with Crippen molar-refractivity contribution in [2.75, 3.05) is 13.2 Å². The normalized spacial score (nSPS) is 15.9. The molecule has 140 valence electrons. The number of hydrogen-bond donors (Lipinski definition) is 1. The lowest BCUT2D eigenvalue weighted by Crippen LogP contribution is -2.33. The standard InChI is InChI=1S/C17H18ClNO5S2/c1-4-23-12-5-10(11(18)7-13(12)24-9(2)3)6-14-16(22)19(8-15(20)21)17(25)26-14/h5-7,9H,4,8H2,1-3H3,(H,20,21). The first kappa shape index (κ1) is 20.5. The lowest BCUT2D eigenvalue weighted by atomic mass is 10.1. The lowest BCUT2D eigenvalue weighted by Gasteiger charge is -2.16. The van der Waals surface area contributed by atoms with Crippen molar-refractivity contribution in [3.63, 3.8) is 0 Å². The maximum absolute atomic E-state index is 12.4. The summed E-state index contributed by atoms with van der Waals surface area (Å²) in [5.74, 6) is -0.561. The van der Waals surface area contributed by atoms with Gasteiger partial charge in [-0.25, -0.2) is 0 Å². The van der Waals surface area contributed by atoms with Crippen molar-refractivity contribution in [1.82, 2.24) is 4.90 Å². The van der Waals surface area contributed by atoms with E-state index in [-0.39, 0.29) is 10.4 Å². The van der Waals surface area contributed by atoms with Crippen LogP contribution in [-0.4, -0.2) is 45.5 Å². The summed E-state index contributed by atoms with van der Waals surface area (Å²) in [6.07, 6.45) is 1.52. The summed E-state index contributed by atoms with van der Waals surface area (Å²) in [4.78, 5) is 24.6. The van der Waals surface area contributed by atoms with Crippen molar-refractivity contribution >= 4 is 57.9 Å². The van der Waals surface area contributed by atoms with E-state index in [0.717, 1.165) is 16.7 Å². The van der Waals surface area contributed by atoms with Crippen LogP contribution in [0.3, 0.4) is 0 Å². The molecule has 1 amide bonds. The Labute approximate surface area is 166 Å². The van der Waals surface area contributed by atoms with Gasteiger partial charge in [-0.05, 0) is 38.5 Å². The molecular weight excluding hydrogens is 398 g/mol. The second-order valence-corrected chi connectivity index (χ2v) is 7.66. The van der Waals surface area contributed by atoms with Gasteiger partial charge in [-0.15, -0.1) is 0 Å². The predicted octanol–water partition coefficient (Wildman–Crippen LogP) is 3.81. The molecule has 1 aromatic carbocycles. The van der Waals surface area contributed by atoms with E-state index in [2.05, 4.69) is 0 Å². The highest BCUT2D eigenvalue weighted by Crippen LogP contribution is 2.38. The van der Waals surface area contributed by atoms with Gasteiger partial charge in [0, 0.05) is 6.07 Å². The van der Waals surface area contributed by atoms with Crippen LogP contribution in [0.5, 0.6) is 11.5 Å². The summed E-state index contributed by atoms with van der Waals surface area (Å²) in [5.41, 5.74) is 0.557. The molecule has 1 aliphatic rings. The minimum Gasteiger partial charge on any atom is -0.490 e. The van der Waals surface area contributed by atoms with Crippen molar-refractivity contribution in [2.24, 2.45) is 0 Å². The van der Waals surface area contributed by atoms with E-state index in [1.165, 1.54) is 0 Å². The van der Waals surface area contributed by atoms with Gasteiger partial charge >= 0.3 is 5.97 Å². The molecule has 1 aliphatic heterocycles. The average Bonchev–Trinajstić information content (AvgIpc) is 2.78. The summed E-state index contributed by atoms with van der Waals surface area (Å²) < 4.78 is 11.5. The maximum Gasteiger partial charge on any atom is 0.323 e. The van der Waals surface area contributed by atoms with E-state index in [1.807, 2.05) is 20.8 Å². The Hall–Kier alpha value is -1.77. The Balaban J connectivity index is 2.38. The van der Waals surface area contributed by atoms with Crippen molar-refractivity contribution in [2.45, 2.75) is 26.9 Å². The van der Waals surface area contributed by atoms with Crippen molar-refractivity contribution in [3.05, 3.63) is 27.6 Å². The van der Waals surface area contributed by atoms with Gasteiger partial charge in [-0.1, -0.05) is 35.6 Å². The molecule has 0 bridgehead atoms. The first-order chi connectivity index (χ1) is 12.2. The summed E-state index contributed by atoms with van der Waals surface area (Å²) in [5, 5.41) is 9.28. The van der Waals surface area contributed by atoms with Crippen molar-refractivity contribution in [1.29, 1.82) is 0 Å². The Kier molecular flexibility index (Phi) is 6.91. The second-order valence-electron chi connectivity index (χ2n) is 5.58. The van der Waals surface area contributed by atoms with Crippen LogP contribution in [0.1, 0.15) is 26.3 Å². The topological polar surface area (TPSA) is 76.1 Å². The van der Waals surface area contributed by atoms with Crippen molar-refractivity contribution in [3.8, 4) is 11.5 Å². The van der Waals surface area contributed by atoms with Gasteiger partial charge in [-0.2, -0.15) is 0 Å². The number of halogens is 1. The molecule has 0 spiro atoms. The minimum atomic E-state index is -1.13. The number of nitrogens with zero attached hydrogens (tertiary/aromatic N) is 1. The van der Waals surface area contributed by atoms with Gasteiger partial charge in [0.15, 0.2) is 11.5 Å². The fourth-order valence-corrected chi connectivity index (χ4v) is 3.64. The fourth-order valence-electron chi connectivity index (χ4n) is 2.19. The molecule has 0 aliphatic carbocycles. The molecule has 0 saturated carbocycles. The molecule has 1 fully saturated rings. The molecule has 1 N–H and O–H groups in total. The van der Waals surface area contributed by atoms with Crippen molar-refractivity contribution < 1.29 is 24.2 Å². The van der Waals surface area contributed by atoms with Crippen LogP contribution in [-0.2, 0) is 9.59 Å². The molecule has 0 unspecified atom stereocenters. The molecule has 1 heterocycles. The number of thiocarbonyl (C=S) groups is 1. The zero-order chi connectivity index (χ0) is 19.4. The second kappa shape index (κ2) is 8.75. The number of carbonyl (C=O) groups is 2. The highest BCUT2D eigenvalue weighted by molar-refractivity contribution is 8.26. The first-order valence-electron chi connectivity index (χ1n) is 7.83. The molecule has 2 rings (SSSR count). The summed E-state index contributed by atoms with van der Waals surface area (Å²) in [6, 6.07) is 3.32. The largest absolute Gasteiger partial charge is 0.490 e. The van der Waals surface area contributed by atoms with Crippen LogP contribution < -0.4 is 9.47 Å². The quantitative estimate of drug-likeness (QED) is 0.536. The number of carbonyl (C=O) groups excluding carboxylic acids is 1. The Morgan fingerprint density at radius 2 is 2.12 bits per heavy atom.